The van der Waals surface area contributed by atoms with Crippen LogP contribution < -0.4 is 0 Å². The minimum Gasteiger partial charge on any atom is -0.370 e. The average molecular weight is 113 g/mol. The third-order valence-electron chi connectivity index (χ3n) is 1.59. The van der Waals surface area contributed by atoms with E-state index in [-0.39, 0.29) is 5.60 Å². The van der Waals surface area contributed by atoms with Crippen molar-refractivity contribution in [2.24, 2.45) is 0 Å². The highest BCUT2D eigenvalue weighted by Gasteiger charge is 2.37. The fourth-order valence-electron chi connectivity index (χ4n) is 0.766. The van der Waals surface area contributed by atoms with Gasteiger partial charge in [0.2, 0.25) is 0 Å². The zero-order valence-corrected chi connectivity index (χ0v) is 5.44. The first-order chi connectivity index (χ1) is 3.77. The molecule has 1 rings (SSSR count). The maximum Gasteiger partial charge on any atom is 0.0888 e. The van der Waals surface area contributed by atoms with E-state index in [0.29, 0.717) is 0 Å². The zero-order valence-electron chi connectivity index (χ0n) is 5.44. The first kappa shape index (κ1) is 6.09. The molecule has 0 aromatic rings. The molecule has 1 aliphatic rings. The van der Waals surface area contributed by atoms with Gasteiger partial charge in [0.15, 0.2) is 0 Å². The molecule has 0 spiro atoms. The van der Waals surface area contributed by atoms with Gasteiger partial charge in [-0.3, -0.25) is 0 Å². The van der Waals surface area contributed by atoms with Crippen molar-refractivity contribution in [3.63, 3.8) is 0 Å². The van der Waals surface area contributed by atoms with Crippen LogP contribution in [0, 0.1) is 6.92 Å². The summed E-state index contributed by atoms with van der Waals surface area (Å²) < 4.78 is 5.17. The molecule has 0 N–H and O–H groups in total. The van der Waals surface area contributed by atoms with E-state index < -0.39 is 0 Å². The van der Waals surface area contributed by atoms with E-state index in [9.17, 15) is 0 Å². The second kappa shape index (κ2) is 2.06. The number of epoxide rings is 1. The lowest BCUT2D eigenvalue weighted by molar-refractivity contribution is 0.304. The normalized spacial score (nSPS) is 35.2. The first-order valence-electron chi connectivity index (χ1n) is 3.20. The molecule has 1 aliphatic heterocycles. The molecule has 1 heterocycles. The van der Waals surface area contributed by atoms with Crippen LogP contribution in [0.4, 0.5) is 0 Å². The summed E-state index contributed by atoms with van der Waals surface area (Å²) in [6.45, 7) is 6.88. The Morgan fingerprint density at radius 2 is 2.38 bits per heavy atom. The van der Waals surface area contributed by atoms with Crippen LogP contribution in [-0.4, -0.2) is 12.2 Å². The van der Waals surface area contributed by atoms with Crippen LogP contribution in [0.25, 0.3) is 0 Å². The maximum atomic E-state index is 5.17. The van der Waals surface area contributed by atoms with E-state index in [0.717, 1.165) is 13.0 Å². The smallest absolute Gasteiger partial charge is 0.0888 e. The molecular formula is C7H13O. The fraction of sp³-hybridized carbons (Fsp3) is 0.857. The van der Waals surface area contributed by atoms with Crippen molar-refractivity contribution in [1.29, 1.82) is 0 Å². The number of hydrogen-bond acceptors (Lipinski definition) is 1. The van der Waals surface area contributed by atoms with Crippen LogP contribution in [-0.2, 0) is 4.74 Å². The molecular weight excluding hydrogens is 100 g/mol. The van der Waals surface area contributed by atoms with Crippen LogP contribution in [0.3, 0.4) is 0 Å². The highest BCUT2D eigenvalue weighted by atomic mass is 16.6. The van der Waals surface area contributed by atoms with Crippen molar-refractivity contribution >= 4 is 0 Å². The molecule has 1 saturated heterocycles. The van der Waals surface area contributed by atoms with Gasteiger partial charge in [0.25, 0.3) is 0 Å². The van der Waals surface area contributed by atoms with E-state index in [1.54, 1.807) is 0 Å². The second-order valence-electron chi connectivity index (χ2n) is 2.70. The second-order valence-corrected chi connectivity index (χ2v) is 2.70. The minimum absolute atomic E-state index is 0.262. The number of ether oxygens (including phenoxy) is 1. The molecule has 8 heavy (non-hydrogen) atoms. The molecule has 0 amide bonds. The van der Waals surface area contributed by atoms with E-state index in [2.05, 4.69) is 13.8 Å². The van der Waals surface area contributed by atoms with Gasteiger partial charge in [-0.1, -0.05) is 19.8 Å². The number of hydrogen-bond donors (Lipinski definition) is 0. The van der Waals surface area contributed by atoms with Crippen molar-refractivity contribution in [2.75, 3.05) is 6.61 Å². The van der Waals surface area contributed by atoms with Gasteiger partial charge in [-0.2, -0.15) is 0 Å². The Morgan fingerprint density at radius 1 is 1.75 bits per heavy atom. The van der Waals surface area contributed by atoms with Gasteiger partial charge in [-0.25, -0.2) is 0 Å². The Kier molecular flexibility index (Phi) is 1.57. The predicted molar refractivity (Wildman–Crippen MR) is 33.6 cm³/mol. The van der Waals surface area contributed by atoms with Crippen molar-refractivity contribution in [1.82, 2.24) is 0 Å². The van der Waals surface area contributed by atoms with E-state index >= 15 is 0 Å². The van der Waals surface area contributed by atoms with Crippen LogP contribution in [0.1, 0.15) is 26.2 Å². The topological polar surface area (TPSA) is 12.5 Å². The lowest BCUT2D eigenvalue weighted by Gasteiger charge is -1.99. The van der Waals surface area contributed by atoms with Crippen molar-refractivity contribution in [3.8, 4) is 0 Å². The van der Waals surface area contributed by atoms with Crippen LogP contribution in [0.2, 0.25) is 0 Å². The van der Waals surface area contributed by atoms with E-state index in [4.69, 9.17) is 4.74 Å². The summed E-state index contributed by atoms with van der Waals surface area (Å²) in [7, 11) is 0. The Hall–Kier alpha value is -0.0400. The Morgan fingerprint density at radius 3 is 2.75 bits per heavy atom. The Bertz CT molecular complexity index is 74.5. The molecule has 1 nitrogen and oxygen atoms in total. The largest absolute Gasteiger partial charge is 0.370 e. The molecule has 1 radical (unpaired) electrons. The maximum absolute atomic E-state index is 5.17. The van der Waals surface area contributed by atoms with E-state index in [1.807, 2.05) is 0 Å². The SMILES string of the molecule is [CH2]CCCC1(C)CO1. The average Bonchev–Trinajstić information content (AvgIpc) is 2.45. The summed E-state index contributed by atoms with van der Waals surface area (Å²) in [5, 5.41) is 0. The highest BCUT2D eigenvalue weighted by molar-refractivity contribution is 4.86. The molecule has 0 aromatic carbocycles. The summed E-state index contributed by atoms with van der Waals surface area (Å²) >= 11 is 0. The summed E-state index contributed by atoms with van der Waals surface area (Å²) in [6, 6.07) is 0. The summed E-state index contributed by atoms with van der Waals surface area (Å²) in [6.07, 6.45) is 3.44. The molecule has 0 aliphatic carbocycles. The lowest BCUT2D eigenvalue weighted by Crippen LogP contribution is -2.02. The van der Waals surface area contributed by atoms with Crippen molar-refractivity contribution < 1.29 is 4.74 Å². The third-order valence-corrected chi connectivity index (χ3v) is 1.59. The molecule has 1 atom stereocenters. The van der Waals surface area contributed by atoms with Crippen LogP contribution in [0.15, 0.2) is 0 Å². The van der Waals surface area contributed by atoms with E-state index in [1.165, 1.54) is 12.8 Å². The molecule has 1 fully saturated rings. The third kappa shape index (κ3) is 1.48. The fourth-order valence-corrected chi connectivity index (χ4v) is 0.766. The first-order valence-corrected chi connectivity index (χ1v) is 3.20. The lowest BCUT2D eigenvalue weighted by atomic mass is 10.1. The Labute approximate surface area is 51.0 Å². The Balaban J connectivity index is 2.01. The minimum atomic E-state index is 0.262. The van der Waals surface area contributed by atoms with Gasteiger partial charge in [0.05, 0.1) is 12.2 Å². The predicted octanol–water partition coefficient (Wildman–Crippen LogP) is 1.78. The number of unbranched alkanes of at least 4 members (excludes halogenated alkanes) is 1. The highest BCUT2D eigenvalue weighted by Crippen LogP contribution is 2.31. The molecule has 0 bridgehead atoms. The van der Waals surface area contributed by atoms with Gasteiger partial charge in [-0.15, -0.1) is 0 Å². The molecule has 1 unspecified atom stereocenters. The molecule has 0 aromatic heterocycles. The van der Waals surface area contributed by atoms with Gasteiger partial charge < -0.3 is 4.74 Å². The van der Waals surface area contributed by atoms with Crippen molar-refractivity contribution in [2.45, 2.75) is 31.8 Å². The standard InChI is InChI=1S/C7H13O/c1-3-4-5-7(2)6-8-7/h1,3-6H2,2H3. The molecule has 47 valence electrons. The number of rotatable bonds is 3. The van der Waals surface area contributed by atoms with Gasteiger partial charge in [0, 0.05) is 0 Å². The van der Waals surface area contributed by atoms with Crippen molar-refractivity contribution in [3.05, 3.63) is 6.92 Å². The van der Waals surface area contributed by atoms with Crippen LogP contribution in [0.5, 0.6) is 0 Å². The van der Waals surface area contributed by atoms with Gasteiger partial charge in [0.1, 0.15) is 0 Å². The summed E-state index contributed by atoms with van der Waals surface area (Å²) in [4.78, 5) is 0. The van der Waals surface area contributed by atoms with Gasteiger partial charge >= 0.3 is 0 Å². The molecule has 0 saturated carbocycles. The van der Waals surface area contributed by atoms with Crippen LogP contribution >= 0.6 is 0 Å². The summed E-state index contributed by atoms with van der Waals surface area (Å²) in [5.74, 6) is 0. The quantitative estimate of drug-likeness (QED) is 0.508. The molecule has 1 heteroatoms. The zero-order chi connectivity index (χ0) is 6.04. The summed E-state index contributed by atoms with van der Waals surface area (Å²) in [5.41, 5.74) is 0.262. The monoisotopic (exact) mass is 113 g/mol. The van der Waals surface area contributed by atoms with Gasteiger partial charge in [-0.05, 0) is 13.3 Å².